The second-order valence-corrected chi connectivity index (χ2v) is 4.87. The molecule has 2 heterocycles. The van der Waals surface area contributed by atoms with Gasteiger partial charge >= 0.3 is 0 Å². The van der Waals surface area contributed by atoms with Crippen LogP contribution in [0.1, 0.15) is 11.4 Å². The highest BCUT2D eigenvalue weighted by Gasteiger charge is 2.60. The molecule has 1 aromatic heterocycles. The Kier molecular flexibility index (Phi) is 1.90. The standard InChI is InChI=1S/C9H10N4O2S/c1-12-4-6-2-3-7-8(11-16-10-7)9(6,5-12)13(14)15/h2-3,6H,4-5H2,1H3/t6-,9-/m0/s1. The van der Waals surface area contributed by atoms with Crippen LogP contribution in [0.2, 0.25) is 0 Å². The fraction of sp³-hybridized carbons (Fsp3) is 0.556. The third-order valence-electron chi connectivity index (χ3n) is 3.37. The largest absolute Gasteiger partial charge is 0.298 e. The molecule has 1 fully saturated rings. The topological polar surface area (TPSA) is 72.2 Å². The molecular formula is C9H10N4O2S. The zero-order valence-corrected chi connectivity index (χ0v) is 9.48. The number of hydrogen-bond donors (Lipinski definition) is 0. The molecule has 0 amide bonds. The second kappa shape index (κ2) is 3.08. The molecule has 0 bridgehead atoms. The maximum atomic E-state index is 11.4. The Labute approximate surface area is 96.1 Å². The summed E-state index contributed by atoms with van der Waals surface area (Å²) in [5, 5.41) is 11.4. The second-order valence-electron chi connectivity index (χ2n) is 4.34. The number of nitrogens with zero attached hydrogens (tertiary/aromatic N) is 4. The summed E-state index contributed by atoms with van der Waals surface area (Å²) in [7, 11) is 1.90. The molecule has 6 nitrogen and oxygen atoms in total. The summed E-state index contributed by atoms with van der Waals surface area (Å²) in [4.78, 5) is 13.2. The predicted octanol–water partition coefficient (Wildman–Crippen LogP) is 0.598. The van der Waals surface area contributed by atoms with Gasteiger partial charge in [0.15, 0.2) is 5.69 Å². The molecule has 0 saturated carbocycles. The number of nitro groups is 1. The van der Waals surface area contributed by atoms with E-state index in [1.165, 1.54) is 0 Å². The van der Waals surface area contributed by atoms with Crippen molar-refractivity contribution in [3.63, 3.8) is 0 Å². The summed E-state index contributed by atoms with van der Waals surface area (Å²) in [5.41, 5.74) is 0.124. The minimum atomic E-state index is -1.08. The molecule has 2 atom stereocenters. The van der Waals surface area contributed by atoms with E-state index in [0.717, 1.165) is 11.7 Å². The maximum Gasteiger partial charge on any atom is 0.286 e. The maximum absolute atomic E-state index is 11.4. The Morgan fingerprint density at radius 1 is 1.69 bits per heavy atom. The third-order valence-corrected chi connectivity index (χ3v) is 3.91. The van der Waals surface area contributed by atoms with Crippen molar-refractivity contribution >= 4 is 17.8 Å². The van der Waals surface area contributed by atoms with Crippen LogP contribution >= 0.6 is 11.7 Å². The number of hydrogen-bond acceptors (Lipinski definition) is 6. The van der Waals surface area contributed by atoms with Crippen LogP contribution in [0.25, 0.3) is 6.08 Å². The minimum Gasteiger partial charge on any atom is -0.298 e. The molecule has 0 spiro atoms. The van der Waals surface area contributed by atoms with Crippen molar-refractivity contribution in [2.75, 3.05) is 20.1 Å². The van der Waals surface area contributed by atoms with Gasteiger partial charge in [0, 0.05) is 11.5 Å². The number of likely N-dealkylation sites (N-methyl/N-ethyl adjacent to an activating group) is 1. The summed E-state index contributed by atoms with van der Waals surface area (Å²) in [6.07, 6.45) is 3.75. The fourth-order valence-electron chi connectivity index (χ4n) is 2.64. The highest BCUT2D eigenvalue weighted by molar-refractivity contribution is 6.99. The van der Waals surface area contributed by atoms with Crippen molar-refractivity contribution in [3.8, 4) is 0 Å². The summed E-state index contributed by atoms with van der Waals surface area (Å²) in [5.74, 6) is -0.0936. The zero-order chi connectivity index (χ0) is 11.3. The Morgan fingerprint density at radius 3 is 3.25 bits per heavy atom. The first kappa shape index (κ1) is 9.86. The van der Waals surface area contributed by atoms with Gasteiger partial charge in [0.2, 0.25) is 0 Å². The van der Waals surface area contributed by atoms with Crippen LogP contribution in [0, 0.1) is 16.0 Å². The molecule has 0 unspecified atom stereocenters. The highest BCUT2D eigenvalue weighted by atomic mass is 32.1. The van der Waals surface area contributed by atoms with Crippen molar-refractivity contribution in [2.45, 2.75) is 5.54 Å². The lowest BCUT2D eigenvalue weighted by molar-refractivity contribution is -0.582. The van der Waals surface area contributed by atoms with E-state index < -0.39 is 5.54 Å². The smallest absolute Gasteiger partial charge is 0.286 e. The molecular weight excluding hydrogens is 228 g/mol. The van der Waals surface area contributed by atoms with E-state index in [4.69, 9.17) is 0 Å². The van der Waals surface area contributed by atoms with Gasteiger partial charge in [-0.2, -0.15) is 8.75 Å². The van der Waals surface area contributed by atoms with Crippen molar-refractivity contribution in [2.24, 2.45) is 5.92 Å². The molecule has 1 aromatic rings. The molecule has 0 radical (unpaired) electrons. The van der Waals surface area contributed by atoms with E-state index in [-0.39, 0.29) is 10.8 Å². The van der Waals surface area contributed by atoms with Crippen LogP contribution in [0.5, 0.6) is 0 Å². The molecule has 2 aliphatic rings. The lowest BCUT2D eigenvalue weighted by atomic mass is 9.80. The van der Waals surface area contributed by atoms with Gasteiger partial charge in [0.1, 0.15) is 5.69 Å². The lowest BCUT2D eigenvalue weighted by Crippen LogP contribution is -2.44. The van der Waals surface area contributed by atoms with Crippen molar-refractivity contribution in [3.05, 3.63) is 27.6 Å². The van der Waals surface area contributed by atoms with Gasteiger partial charge in [0.25, 0.3) is 5.54 Å². The normalized spacial score (nSPS) is 32.4. The lowest BCUT2D eigenvalue weighted by Gasteiger charge is -2.25. The molecule has 16 heavy (non-hydrogen) atoms. The zero-order valence-electron chi connectivity index (χ0n) is 8.66. The van der Waals surface area contributed by atoms with Gasteiger partial charge in [-0.15, -0.1) is 0 Å². The van der Waals surface area contributed by atoms with Crippen LogP contribution < -0.4 is 0 Å². The number of rotatable bonds is 1. The Balaban J connectivity index is 2.22. The van der Waals surface area contributed by atoms with Gasteiger partial charge in [-0.25, -0.2) is 0 Å². The number of aromatic nitrogens is 2. The van der Waals surface area contributed by atoms with E-state index in [2.05, 4.69) is 8.75 Å². The molecule has 84 valence electrons. The fourth-order valence-corrected chi connectivity index (χ4v) is 3.25. The Bertz CT molecular complexity index is 486. The molecule has 1 saturated heterocycles. The molecule has 0 N–H and O–H groups in total. The summed E-state index contributed by atoms with van der Waals surface area (Å²) >= 11 is 1.05. The van der Waals surface area contributed by atoms with Gasteiger partial charge in [0.05, 0.1) is 24.2 Å². The van der Waals surface area contributed by atoms with Crippen LogP contribution in [0.4, 0.5) is 0 Å². The molecule has 0 aromatic carbocycles. The van der Waals surface area contributed by atoms with Crippen LogP contribution in [0.15, 0.2) is 6.08 Å². The summed E-state index contributed by atoms with van der Waals surface area (Å²) in [6.45, 7) is 1.11. The van der Waals surface area contributed by atoms with Crippen molar-refractivity contribution in [1.82, 2.24) is 13.6 Å². The highest BCUT2D eigenvalue weighted by Crippen LogP contribution is 2.43. The predicted molar refractivity (Wildman–Crippen MR) is 58.6 cm³/mol. The van der Waals surface area contributed by atoms with Crippen LogP contribution in [0.3, 0.4) is 0 Å². The van der Waals surface area contributed by atoms with Gasteiger partial charge in [-0.05, 0) is 13.1 Å². The summed E-state index contributed by atoms with van der Waals surface area (Å²) in [6, 6.07) is 0. The minimum absolute atomic E-state index is 0.0936. The molecule has 3 rings (SSSR count). The first-order valence-electron chi connectivity index (χ1n) is 4.99. The first-order valence-corrected chi connectivity index (χ1v) is 5.72. The average molecular weight is 238 g/mol. The quantitative estimate of drug-likeness (QED) is 0.529. The van der Waals surface area contributed by atoms with Crippen molar-refractivity contribution < 1.29 is 4.92 Å². The molecule has 1 aliphatic carbocycles. The van der Waals surface area contributed by atoms with Crippen molar-refractivity contribution in [1.29, 1.82) is 0 Å². The van der Waals surface area contributed by atoms with Gasteiger partial charge in [-0.3, -0.25) is 15.0 Å². The van der Waals surface area contributed by atoms with E-state index in [9.17, 15) is 10.1 Å². The monoisotopic (exact) mass is 238 g/mol. The Hall–Kier alpha value is -1.34. The first-order chi connectivity index (χ1) is 7.64. The van der Waals surface area contributed by atoms with Gasteiger partial charge < -0.3 is 0 Å². The van der Waals surface area contributed by atoms with Gasteiger partial charge in [-0.1, -0.05) is 6.08 Å². The SMILES string of the molecule is CN1C[C@@H]2C=Cc3nsnc3[C@]2([N+](=O)[O-])C1. The van der Waals surface area contributed by atoms with Crippen LogP contribution in [-0.4, -0.2) is 38.7 Å². The van der Waals surface area contributed by atoms with E-state index >= 15 is 0 Å². The number of fused-ring (bicyclic) bond motifs is 3. The van der Waals surface area contributed by atoms with Crippen LogP contribution in [-0.2, 0) is 5.54 Å². The average Bonchev–Trinajstić information content (AvgIpc) is 2.79. The molecule has 7 heteroatoms. The van der Waals surface area contributed by atoms with E-state index in [0.29, 0.717) is 24.5 Å². The van der Waals surface area contributed by atoms with E-state index in [1.54, 1.807) is 0 Å². The van der Waals surface area contributed by atoms with E-state index in [1.807, 2.05) is 24.1 Å². The third kappa shape index (κ3) is 1.04. The molecule has 1 aliphatic heterocycles. The number of likely N-dealkylation sites (tertiary alicyclic amines) is 1. The Morgan fingerprint density at radius 2 is 2.50 bits per heavy atom. The summed E-state index contributed by atoms with van der Waals surface area (Å²) < 4.78 is 8.23.